The lowest BCUT2D eigenvalue weighted by atomic mass is 10.2. The van der Waals surface area contributed by atoms with Gasteiger partial charge < -0.3 is 0 Å². The molecule has 1 rings (SSSR count). The number of para-hydroxylation sites is 1. The number of hydrogen-bond donors (Lipinski definition) is 0. The van der Waals surface area contributed by atoms with E-state index in [1.165, 1.54) is 12.8 Å². The van der Waals surface area contributed by atoms with Gasteiger partial charge in [0.15, 0.2) is 11.9 Å². The lowest BCUT2D eigenvalue weighted by Gasteiger charge is -1.93. The standard InChI is InChI=1S/C12H18O2P/c1-2-3-4-8-11-15(13)14-12-9-6-5-7-10-12/h5-7,9-10H,2-4,8,11H2,1H3/q+1. The summed E-state index contributed by atoms with van der Waals surface area (Å²) >= 11 is 0. The van der Waals surface area contributed by atoms with Crippen LogP contribution in [-0.4, -0.2) is 6.16 Å². The Bertz CT molecular complexity index is 285. The van der Waals surface area contributed by atoms with Gasteiger partial charge in [0, 0.05) is 0 Å². The van der Waals surface area contributed by atoms with Crippen molar-refractivity contribution >= 4 is 8.03 Å². The van der Waals surface area contributed by atoms with Gasteiger partial charge in [0.25, 0.3) is 0 Å². The van der Waals surface area contributed by atoms with Crippen molar-refractivity contribution in [2.24, 2.45) is 0 Å². The molecule has 2 nitrogen and oxygen atoms in total. The van der Waals surface area contributed by atoms with E-state index in [1.54, 1.807) is 0 Å². The van der Waals surface area contributed by atoms with Crippen molar-refractivity contribution in [3.8, 4) is 5.75 Å². The van der Waals surface area contributed by atoms with Crippen LogP contribution in [0.3, 0.4) is 0 Å². The third-order valence-corrected chi connectivity index (χ3v) is 3.24. The Morgan fingerprint density at radius 1 is 1.13 bits per heavy atom. The molecule has 1 atom stereocenters. The average Bonchev–Trinajstić information content (AvgIpc) is 2.26. The minimum Gasteiger partial charge on any atom is -0.254 e. The maximum absolute atomic E-state index is 11.5. The summed E-state index contributed by atoms with van der Waals surface area (Å²) in [6.45, 7) is 2.17. The van der Waals surface area contributed by atoms with Gasteiger partial charge >= 0.3 is 8.03 Å². The number of hydrogen-bond acceptors (Lipinski definition) is 2. The van der Waals surface area contributed by atoms with E-state index in [1.807, 2.05) is 30.3 Å². The van der Waals surface area contributed by atoms with Gasteiger partial charge in [-0.2, -0.15) is 0 Å². The monoisotopic (exact) mass is 225 g/mol. The Hall–Kier alpha value is -0.880. The second-order valence-electron chi connectivity index (χ2n) is 3.52. The summed E-state index contributed by atoms with van der Waals surface area (Å²) in [4.78, 5) is 0. The highest BCUT2D eigenvalue weighted by molar-refractivity contribution is 7.39. The minimum atomic E-state index is -1.52. The third-order valence-electron chi connectivity index (χ3n) is 2.14. The van der Waals surface area contributed by atoms with E-state index in [-0.39, 0.29) is 0 Å². The maximum Gasteiger partial charge on any atom is 0.556 e. The summed E-state index contributed by atoms with van der Waals surface area (Å²) in [5.74, 6) is 0.703. The van der Waals surface area contributed by atoms with Crippen LogP contribution in [0.4, 0.5) is 0 Å². The quantitative estimate of drug-likeness (QED) is 0.508. The molecule has 0 saturated carbocycles. The molecule has 0 bridgehead atoms. The second kappa shape index (κ2) is 7.42. The number of benzene rings is 1. The van der Waals surface area contributed by atoms with Gasteiger partial charge in [-0.1, -0.05) is 38.0 Å². The largest absolute Gasteiger partial charge is 0.556 e. The Morgan fingerprint density at radius 3 is 2.53 bits per heavy atom. The first kappa shape index (κ1) is 12.2. The van der Waals surface area contributed by atoms with Gasteiger partial charge in [-0.05, 0) is 29.5 Å². The summed E-state index contributed by atoms with van der Waals surface area (Å²) in [5, 5.41) is 0. The van der Waals surface area contributed by atoms with Crippen molar-refractivity contribution in [1.82, 2.24) is 0 Å². The van der Waals surface area contributed by atoms with E-state index in [0.717, 1.165) is 12.8 Å². The smallest absolute Gasteiger partial charge is 0.254 e. The van der Waals surface area contributed by atoms with Crippen LogP contribution in [0.1, 0.15) is 32.6 Å². The number of rotatable bonds is 7. The minimum absolute atomic E-state index is 0.671. The van der Waals surface area contributed by atoms with Gasteiger partial charge in [-0.3, -0.25) is 4.52 Å². The summed E-state index contributed by atoms with van der Waals surface area (Å²) in [5.41, 5.74) is 0. The van der Waals surface area contributed by atoms with Gasteiger partial charge in [-0.25, -0.2) is 0 Å². The zero-order chi connectivity index (χ0) is 10.9. The Labute approximate surface area is 92.5 Å². The molecule has 0 heterocycles. The van der Waals surface area contributed by atoms with Crippen LogP contribution >= 0.6 is 8.03 Å². The molecule has 0 N–H and O–H groups in total. The summed E-state index contributed by atoms with van der Waals surface area (Å²) < 4.78 is 16.8. The van der Waals surface area contributed by atoms with E-state index < -0.39 is 8.03 Å². The molecular weight excluding hydrogens is 207 g/mol. The molecule has 0 aliphatic rings. The van der Waals surface area contributed by atoms with Crippen LogP contribution in [-0.2, 0) is 4.57 Å². The molecule has 0 spiro atoms. The molecule has 15 heavy (non-hydrogen) atoms. The molecule has 1 aromatic carbocycles. The SMILES string of the molecule is CCCCCC[P+](=O)Oc1ccccc1. The van der Waals surface area contributed by atoms with Crippen molar-refractivity contribution in [2.75, 3.05) is 6.16 Å². The van der Waals surface area contributed by atoms with E-state index in [9.17, 15) is 4.57 Å². The third kappa shape index (κ3) is 5.54. The van der Waals surface area contributed by atoms with Crippen molar-refractivity contribution in [1.29, 1.82) is 0 Å². The predicted molar refractivity (Wildman–Crippen MR) is 63.7 cm³/mol. The molecule has 0 radical (unpaired) electrons. The lowest BCUT2D eigenvalue weighted by Crippen LogP contribution is -1.86. The maximum atomic E-state index is 11.5. The Kier molecular flexibility index (Phi) is 6.03. The number of unbranched alkanes of at least 4 members (excludes halogenated alkanes) is 3. The molecule has 0 saturated heterocycles. The van der Waals surface area contributed by atoms with Crippen LogP contribution in [0.2, 0.25) is 0 Å². The predicted octanol–water partition coefficient (Wildman–Crippen LogP) is 4.39. The molecule has 0 amide bonds. The summed E-state index contributed by atoms with van der Waals surface area (Å²) in [6, 6.07) is 9.35. The normalized spacial score (nSPS) is 11.1. The lowest BCUT2D eigenvalue weighted by molar-refractivity contribution is 0.501. The fraction of sp³-hybridized carbons (Fsp3) is 0.500. The molecule has 1 aromatic rings. The van der Waals surface area contributed by atoms with Gasteiger partial charge in [0.2, 0.25) is 0 Å². The molecule has 0 aliphatic carbocycles. The highest BCUT2D eigenvalue weighted by Crippen LogP contribution is 2.27. The zero-order valence-electron chi connectivity index (χ0n) is 9.19. The van der Waals surface area contributed by atoms with E-state index in [0.29, 0.717) is 11.9 Å². The fourth-order valence-corrected chi connectivity index (χ4v) is 2.24. The van der Waals surface area contributed by atoms with Crippen molar-refractivity contribution < 1.29 is 9.09 Å². The fourth-order valence-electron chi connectivity index (χ4n) is 1.31. The first-order valence-corrected chi connectivity index (χ1v) is 6.87. The topological polar surface area (TPSA) is 26.3 Å². The van der Waals surface area contributed by atoms with Crippen LogP contribution in [0.5, 0.6) is 5.75 Å². The van der Waals surface area contributed by atoms with Crippen LogP contribution < -0.4 is 4.52 Å². The average molecular weight is 225 g/mol. The van der Waals surface area contributed by atoms with Crippen LogP contribution in [0, 0.1) is 0 Å². The van der Waals surface area contributed by atoms with E-state index in [4.69, 9.17) is 4.52 Å². The van der Waals surface area contributed by atoms with E-state index in [2.05, 4.69) is 6.92 Å². The highest BCUT2D eigenvalue weighted by Gasteiger charge is 2.17. The molecule has 3 heteroatoms. The zero-order valence-corrected chi connectivity index (χ0v) is 10.1. The summed E-state index contributed by atoms with van der Waals surface area (Å²) in [6.07, 6.45) is 5.24. The summed E-state index contributed by atoms with van der Waals surface area (Å²) in [7, 11) is -1.52. The molecule has 0 fully saturated rings. The van der Waals surface area contributed by atoms with Crippen molar-refractivity contribution in [3.05, 3.63) is 30.3 Å². The van der Waals surface area contributed by atoms with Gasteiger partial charge in [0.1, 0.15) is 0 Å². The Balaban J connectivity index is 2.19. The first-order valence-electron chi connectivity index (χ1n) is 5.50. The molecule has 1 unspecified atom stereocenters. The van der Waals surface area contributed by atoms with Crippen LogP contribution in [0.25, 0.3) is 0 Å². The molecule has 0 aromatic heterocycles. The Morgan fingerprint density at radius 2 is 1.87 bits per heavy atom. The first-order chi connectivity index (χ1) is 7.33. The second-order valence-corrected chi connectivity index (χ2v) is 4.82. The van der Waals surface area contributed by atoms with Crippen LogP contribution in [0.15, 0.2) is 30.3 Å². The molecule has 82 valence electrons. The van der Waals surface area contributed by atoms with Crippen molar-refractivity contribution in [3.63, 3.8) is 0 Å². The molecule has 0 aliphatic heterocycles. The van der Waals surface area contributed by atoms with Gasteiger partial charge in [-0.15, -0.1) is 0 Å². The van der Waals surface area contributed by atoms with Gasteiger partial charge in [0.05, 0.1) is 0 Å². The molecular formula is C12H18O2P+. The highest BCUT2D eigenvalue weighted by atomic mass is 31.1. The van der Waals surface area contributed by atoms with E-state index >= 15 is 0 Å². The van der Waals surface area contributed by atoms with Crippen molar-refractivity contribution in [2.45, 2.75) is 32.6 Å².